The van der Waals surface area contributed by atoms with Crippen molar-refractivity contribution >= 4 is 11.6 Å². The lowest BCUT2D eigenvalue weighted by molar-refractivity contribution is 0.304. The van der Waals surface area contributed by atoms with E-state index in [1.165, 1.54) is 17.7 Å². The number of benzene rings is 2. The fraction of sp³-hybridized carbons (Fsp3) is 0.200. The van der Waals surface area contributed by atoms with E-state index in [4.69, 9.17) is 16.3 Å². The zero-order chi connectivity index (χ0) is 13.0. The second kappa shape index (κ2) is 5.87. The van der Waals surface area contributed by atoms with E-state index < -0.39 is 0 Å². The second-order valence-electron chi connectivity index (χ2n) is 4.21. The molecule has 0 unspecified atom stereocenters. The third kappa shape index (κ3) is 3.47. The van der Waals surface area contributed by atoms with Gasteiger partial charge in [0.05, 0.1) is 0 Å². The summed E-state index contributed by atoms with van der Waals surface area (Å²) in [5.41, 5.74) is 2.96. The standard InChI is InChI=1S/C15H14ClFO/c1-11-3-2-4-12(5-11)10-18-15-7-13(9-16)6-14(17)8-15/h2-8H,9-10H2,1H3. The van der Waals surface area contributed by atoms with Gasteiger partial charge in [-0.1, -0.05) is 29.8 Å². The lowest BCUT2D eigenvalue weighted by atomic mass is 10.1. The molecule has 0 atom stereocenters. The van der Waals surface area contributed by atoms with Gasteiger partial charge in [-0.25, -0.2) is 4.39 Å². The van der Waals surface area contributed by atoms with Crippen LogP contribution in [0.3, 0.4) is 0 Å². The normalized spacial score (nSPS) is 10.4. The van der Waals surface area contributed by atoms with Gasteiger partial charge in [0.25, 0.3) is 0 Å². The summed E-state index contributed by atoms with van der Waals surface area (Å²) in [6.45, 7) is 2.45. The molecular weight excluding hydrogens is 251 g/mol. The van der Waals surface area contributed by atoms with E-state index in [0.29, 0.717) is 12.4 Å². The van der Waals surface area contributed by atoms with Crippen molar-refractivity contribution in [3.63, 3.8) is 0 Å². The first kappa shape index (κ1) is 12.9. The Labute approximate surface area is 111 Å². The Morgan fingerprint density at radius 1 is 1.11 bits per heavy atom. The SMILES string of the molecule is Cc1cccc(COc2cc(F)cc(CCl)c2)c1. The molecule has 0 aliphatic heterocycles. The predicted octanol–water partition coefficient (Wildman–Crippen LogP) is 4.45. The molecule has 0 radical (unpaired) electrons. The first-order chi connectivity index (χ1) is 8.67. The van der Waals surface area contributed by atoms with Gasteiger partial charge < -0.3 is 4.74 Å². The molecule has 1 nitrogen and oxygen atoms in total. The number of halogens is 2. The van der Waals surface area contributed by atoms with E-state index in [0.717, 1.165) is 11.1 Å². The van der Waals surface area contributed by atoms with Crippen molar-refractivity contribution in [2.45, 2.75) is 19.4 Å². The molecule has 0 saturated carbocycles. The second-order valence-corrected chi connectivity index (χ2v) is 4.47. The van der Waals surface area contributed by atoms with Crippen LogP contribution in [-0.4, -0.2) is 0 Å². The van der Waals surface area contributed by atoms with Crippen molar-refractivity contribution in [1.29, 1.82) is 0 Å². The van der Waals surface area contributed by atoms with Crippen LogP contribution in [0.5, 0.6) is 5.75 Å². The third-order valence-electron chi connectivity index (χ3n) is 2.57. The lowest BCUT2D eigenvalue weighted by Gasteiger charge is -2.08. The Bertz CT molecular complexity index is 540. The molecule has 0 N–H and O–H groups in total. The summed E-state index contributed by atoms with van der Waals surface area (Å²) in [7, 11) is 0. The number of rotatable bonds is 4. The fourth-order valence-electron chi connectivity index (χ4n) is 1.75. The van der Waals surface area contributed by atoms with Crippen LogP contribution in [0.15, 0.2) is 42.5 Å². The van der Waals surface area contributed by atoms with Gasteiger partial charge in [-0.3, -0.25) is 0 Å². The van der Waals surface area contributed by atoms with Crippen LogP contribution in [0.2, 0.25) is 0 Å². The average Bonchev–Trinajstić information content (AvgIpc) is 2.36. The van der Waals surface area contributed by atoms with Crippen LogP contribution in [0, 0.1) is 12.7 Å². The maximum absolute atomic E-state index is 13.3. The molecule has 3 heteroatoms. The van der Waals surface area contributed by atoms with Gasteiger partial charge >= 0.3 is 0 Å². The molecule has 2 aromatic rings. The molecule has 0 aromatic heterocycles. The number of alkyl halides is 1. The van der Waals surface area contributed by atoms with Gasteiger partial charge in [-0.05, 0) is 30.2 Å². The number of ether oxygens (including phenoxy) is 1. The van der Waals surface area contributed by atoms with Crippen molar-refractivity contribution in [3.8, 4) is 5.75 Å². The highest BCUT2D eigenvalue weighted by Crippen LogP contribution is 2.19. The van der Waals surface area contributed by atoms with Crippen molar-refractivity contribution in [1.82, 2.24) is 0 Å². The molecule has 0 spiro atoms. The summed E-state index contributed by atoms with van der Waals surface area (Å²) in [6.07, 6.45) is 0. The molecule has 0 fully saturated rings. The highest BCUT2D eigenvalue weighted by molar-refractivity contribution is 6.17. The van der Waals surface area contributed by atoms with Gasteiger partial charge in [0.1, 0.15) is 18.2 Å². The molecular formula is C15H14ClFO. The first-order valence-corrected chi connectivity index (χ1v) is 6.24. The fourth-order valence-corrected chi connectivity index (χ4v) is 1.90. The van der Waals surface area contributed by atoms with E-state index in [9.17, 15) is 4.39 Å². The summed E-state index contributed by atoms with van der Waals surface area (Å²) in [5, 5.41) is 0. The molecule has 18 heavy (non-hydrogen) atoms. The molecule has 0 bridgehead atoms. The summed E-state index contributed by atoms with van der Waals surface area (Å²) >= 11 is 5.69. The molecule has 0 amide bonds. The van der Waals surface area contributed by atoms with Gasteiger partial charge in [0, 0.05) is 11.9 Å². The van der Waals surface area contributed by atoms with Crippen molar-refractivity contribution < 1.29 is 9.13 Å². The van der Waals surface area contributed by atoms with Crippen LogP contribution >= 0.6 is 11.6 Å². The summed E-state index contributed by atoms with van der Waals surface area (Å²) in [6, 6.07) is 12.6. The number of hydrogen-bond donors (Lipinski definition) is 0. The summed E-state index contributed by atoms with van der Waals surface area (Å²) in [4.78, 5) is 0. The molecule has 0 aliphatic carbocycles. The minimum absolute atomic E-state index is 0.276. The molecule has 94 valence electrons. The highest BCUT2D eigenvalue weighted by atomic mass is 35.5. The van der Waals surface area contributed by atoms with E-state index in [1.54, 1.807) is 6.07 Å². The van der Waals surface area contributed by atoms with Gasteiger partial charge in [0.2, 0.25) is 0 Å². The van der Waals surface area contributed by atoms with Crippen LogP contribution < -0.4 is 4.74 Å². The van der Waals surface area contributed by atoms with E-state index in [1.807, 2.05) is 31.2 Å². The Kier molecular flexibility index (Phi) is 4.21. The maximum Gasteiger partial charge on any atom is 0.127 e. The monoisotopic (exact) mass is 264 g/mol. The van der Waals surface area contributed by atoms with E-state index in [2.05, 4.69) is 0 Å². The molecule has 0 saturated heterocycles. The molecule has 0 aliphatic rings. The number of aryl methyl sites for hydroxylation is 1. The van der Waals surface area contributed by atoms with E-state index >= 15 is 0 Å². The average molecular weight is 265 g/mol. The Morgan fingerprint density at radius 2 is 1.94 bits per heavy atom. The van der Waals surface area contributed by atoms with Crippen LogP contribution in [0.1, 0.15) is 16.7 Å². The number of hydrogen-bond acceptors (Lipinski definition) is 1. The maximum atomic E-state index is 13.3. The van der Waals surface area contributed by atoms with Crippen LogP contribution in [-0.2, 0) is 12.5 Å². The largest absolute Gasteiger partial charge is 0.489 e. The Balaban J connectivity index is 2.08. The van der Waals surface area contributed by atoms with Crippen molar-refractivity contribution in [3.05, 3.63) is 65.0 Å². The van der Waals surface area contributed by atoms with Gasteiger partial charge in [0.15, 0.2) is 0 Å². The minimum atomic E-state index is -0.326. The van der Waals surface area contributed by atoms with Crippen LogP contribution in [0.4, 0.5) is 4.39 Å². The summed E-state index contributed by atoms with van der Waals surface area (Å²) in [5.74, 6) is 0.456. The highest BCUT2D eigenvalue weighted by Gasteiger charge is 2.02. The lowest BCUT2D eigenvalue weighted by Crippen LogP contribution is -1.97. The zero-order valence-electron chi connectivity index (χ0n) is 10.1. The Morgan fingerprint density at radius 3 is 2.67 bits per heavy atom. The third-order valence-corrected chi connectivity index (χ3v) is 2.88. The van der Waals surface area contributed by atoms with Crippen molar-refractivity contribution in [2.24, 2.45) is 0 Å². The van der Waals surface area contributed by atoms with Crippen molar-refractivity contribution in [2.75, 3.05) is 0 Å². The summed E-state index contributed by atoms with van der Waals surface area (Å²) < 4.78 is 18.8. The first-order valence-electron chi connectivity index (χ1n) is 5.71. The quantitative estimate of drug-likeness (QED) is 0.741. The van der Waals surface area contributed by atoms with Crippen LogP contribution in [0.25, 0.3) is 0 Å². The zero-order valence-corrected chi connectivity index (χ0v) is 10.9. The van der Waals surface area contributed by atoms with E-state index in [-0.39, 0.29) is 11.7 Å². The van der Waals surface area contributed by atoms with Gasteiger partial charge in [-0.2, -0.15) is 0 Å². The minimum Gasteiger partial charge on any atom is -0.489 e. The molecule has 2 rings (SSSR count). The van der Waals surface area contributed by atoms with Gasteiger partial charge in [-0.15, -0.1) is 11.6 Å². The topological polar surface area (TPSA) is 9.23 Å². The molecule has 2 aromatic carbocycles. The Hall–Kier alpha value is -1.54. The predicted molar refractivity (Wildman–Crippen MR) is 71.5 cm³/mol. The molecule has 0 heterocycles. The smallest absolute Gasteiger partial charge is 0.127 e.